The van der Waals surface area contributed by atoms with Gasteiger partial charge in [-0.2, -0.15) is 0 Å². The van der Waals surface area contributed by atoms with Crippen molar-refractivity contribution in [2.75, 3.05) is 0 Å². The summed E-state index contributed by atoms with van der Waals surface area (Å²) in [6.45, 7) is 6.41. The van der Waals surface area contributed by atoms with Gasteiger partial charge in [0.1, 0.15) is 0 Å². The topological polar surface area (TPSA) is 0 Å². The molecule has 0 bridgehead atoms. The maximum absolute atomic E-state index is 2.19. The number of hydrogen-bond acceptors (Lipinski definition) is 1. The normalized spacial score (nSPS) is 11.4. The summed E-state index contributed by atoms with van der Waals surface area (Å²) in [7, 11) is 0. The van der Waals surface area contributed by atoms with Crippen LogP contribution in [0.2, 0.25) is 0 Å². The molecule has 0 amide bonds. The van der Waals surface area contributed by atoms with Gasteiger partial charge in [-0.1, -0.05) is 19.9 Å². The van der Waals surface area contributed by atoms with Crippen LogP contribution in [-0.4, -0.2) is 5.25 Å². The number of thioether (sulfide) groups is 1. The fraction of sp³-hybridized carbons (Fsp3) is 0.667. The molecule has 0 aromatic carbocycles. The molecule has 0 saturated carbocycles. The molecule has 0 atom stereocenters. The highest BCUT2D eigenvalue weighted by molar-refractivity contribution is 8.02. The van der Waals surface area contributed by atoms with Crippen LogP contribution in [0.5, 0.6) is 0 Å². The Morgan fingerprint density at radius 1 is 1.43 bits per heavy atom. The maximum atomic E-state index is 2.19. The lowest BCUT2D eigenvalue weighted by atomic mass is 10.6. The molecule has 1 heteroatoms. The van der Waals surface area contributed by atoms with E-state index in [9.17, 15) is 0 Å². The van der Waals surface area contributed by atoms with Crippen LogP contribution >= 0.6 is 11.8 Å². The molecule has 0 radical (unpaired) electrons. The summed E-state index contributed by atoms with van der Waals surface area (Å²) in [5, 5.41) is 2.85. The zero-order valence-electron chi connectivity index (χ0n) is 5.14. The van der Waals surface area contributed by atoms with Crippen LogP contribution in [0.3, 0.4) is 0 Å². The van der Waals surface area contributed by atoms with Crippen LogP contribution in [0.1, 0.15) is 20.8 Å². The number of hydrogen-bond donors (Lipinski definition) is 0. The van der Waals surface area contributed by atoms with Crippen LogP contribution in [-0.2, 0) is 0 Å². The lowest BCUT2D eigenvalue weighted by Gasteiger charge is -1.93. The molecule has 7 heavy (non-hydrogen) atoms. The summed E-state index contributed by atoms with van der Waals surface area (Å²) in [5.74, 6) is 0. The van der Waals surface area contributed by atoms with E-state index in [1.165, 1.54) is 0 Å². The maximum Gasteiger partial charge on any atom is 0.00316 e. The first-order valence-electron chi connectivity index (χ1n) is 2.54. The molecule has 0 aliphatic carbocycles. The molecule has 0 fully saturated rings. The van der Waals surface area contributed by atoms with E-state index in [-0.39, 0.29) is 0 Å². The molecule has 42 valence electrons. The van der Waals surface area contributed by atoms with E-state index in [0.29, 0.717) is 0 Å². The van der Waals surface area contributed by atoms with Crippen LogP contribution in [0.25, 0.3) is 0 Å². The van der Waals surface area contributed by atoms with Crippen molar-refractivity contribution in [2.24, 2.45) is 0 Å². The predicted molar refractivity (Wildman–Crippen MR) is 37.5 cm³/mol. The Bertz CT molecular complexity index is 55.2. The Morgan fingerprint density at radius 2 is 2.00 bits per heavy atom. The van der Waals surface area contributed by atoms with Crippen LogP contribution in [0.4, 0.5) is 0 Å². The zero-order valence-corrected chi connectivity index (χ0v) is 5.96. The lowest BCUT2D eigenvalue weighted by Crippen LogP contribution is -1.79. The second kappa shape index (κ2) is 4.25. The first-order chi connectivity index (χ1) is 3.27. The summed E-state index contributed by atoms with van der Waals surface area (Å²) in [5.41, 5.74) is 0. The van der Waals surface area contributed by atoms with Gasteiger partial charge in [0, 0.05) is 5.25 Å². The summed E-state index contributed by atoms with van der Waals surface area (Å²) in [6, 6.07) is 0. The van der Waals surface area contributed by atoms with Gasteiger partial charge in [0.2, 0.25) is 0 Å². The van der Waals surface area contributed by atoms with Crippen molar-refractivity contribution in [1.82, 2.24) is 0 Å². The molecule has 0 aliphatic rings. The Balaban J connectivity index is 2.97. The van der Waals surface area contributed by atoms with Gasteiger partial charge < -0.3 is 0 Å². The van der Waals surface area contributed by atoms with Gasteiger partial charge >= 0.3 is 0 Å². The smallest absolute Gasteiger partial charge is 0.00316 e. The van der Waals surface area contributed by atoms with E-state index in [0.717, 1.165) is 5.25 Å². The average molecular weight is 116 g/mol. The minimum atomic E-state index is 0.733. The van der Waals surface area contributed by atoms with Gasteiger partial charge in [-0.3, -0.25) is 0 Å². The summed E-state index contributed by atoms with van der Waals surface area (Å²) in [4.78, 5) is 0. The molecule has 0 aromatic heterocycles. The van der Waals surface area contributed by atoms with Crippen LogP contribution in [0.15, 0.2) is 11.5 Å². The van der Waals surface area contributed by atoms with Crippen LogP contribution < -0.4 is 0 Å². The number of rotatable bonds is 2. The van der Waals surface area contributed by atoms with E-state index in [1.54, 1.807) is 0 Å². The summed E-state index contributed by atoms with van der Waals surface area (Å²) in [6.07, 6.45) is 2.06. The van der Waals surface area contributed by atoms with E-state index >= 15 is 0 Å². The van der Waals surface area contributed by atoms with Crippen molar-refractivity contribution in [1.29, 1.82) is 0 Å². The number of allylic oxidation sites excluding steroid dienone is 1. The third kappa shape index (κ3) is 6.09. The van der Waals surface area contributed by atoms with Gasteiger partial charge in [0.25, 0.3) is 0 Å². The van der Waals surface area contributed by atoms with E-state index in [1.807, 2.05) is 18.7 Å². The molecule has 0 unspecified atom stereocenters. The highest BCUT2D eigenvalue weighted by Crippen LogP contribution is 2.08. The molecule has 0 N–H and O–H groups in total. The SMILES string of the molecule is CC=CSC(C)C. The molecule has 0 heterocycles. The molecule has 0 spiro atoms. The van der Waals surface area contributed by atoms with Crippen molar-refractivity contribution in [3.05, 3.63) is 11.5 Å². The van der Waals surface area contributed by atoms with Gasteiger partial charge in [0.05, 0.1) is 0 Å². The highest BCUT2D eigenvalue weighted by Gasteiger charge is 1.84. The van der Waals surface area contributed by atoms with Gasteiger partial charge in [-0.15, -0.1) is 11.8 Å². The van der Waals surface area contributed by atoms with E-state index < -0.39 is 0 Å². The second-order valence-electron chi connectivity index (χ2n) is 1.65. The van der Waals surface area contributed by atoms with Gasteiger partial charge in [-0.25, -0.2) is 0 Å². The van der Waals surface area contributed by atoms with Crippen molar-refractivity contribution in [3.63, 3.8) is 0 Å². The van der Waals surface area contributed by atoms with E-state index in [2.05, 4.69) is 25.3 Å². The fourth-order valence-corrected chi connectivity index (χ4v) is 0.707. The van der Waals surface area contributed by atoms with Crippen molar-refractivity contribution in [2.45, 2.75) is 26.0 Å². The molecule has 0 rings (SSSR count). The zero-order chi connectivity index (χ0) is 5.70. The quantitative estimate of drug-likeness (QED) is 0.534. The molecular formula is C6H12S. The monoisotopic (exact) mass is 116 g/mol. The standard InChI is InChI=1S/C6H12S/c1-4-5-7-6(2)3/h4-6H,1-3H3. The minimum Gasteiger partial charge on any atom is -0.132 e. The van der Waals surface area contributed by atoms with Crippen molar-refractivity contribution in [3.8, 4) is 0 Å². The third-order valence-electron chi connectivity index (χ3n) is 0.487. The van der Waals surface area contributed by atoms with Gasteiger partial charge in [-0.05, 0) is 12.3 Å². The Morgan fingerprint density at radius 3 is 2.14 bits per heavy atom. The highest BCUT2D eigenvalue weighted by atomic mass is 32.2. The predicted octanol–water partition coefficient (Wildman–Crippen LogP) is 2.66. The van der Waals surface area contributed by atoms with E-state index in [4.69, 9.17) is 0 Å². The summed E-state index contributed by atoms with van der Waals surface area (Å²) < 4.78 is 0. The molecular weight excluding hydrogens is 104 g/mol. The fourth-order valence-electron chi connectivity index (χ4n) is 0.236. The largest absolute Gasteiger partial charge is 0.132 e. The van der Waals surface area contributed by atoms with Crippen molar-refractivity contribution >= 4 is 11.8 Å². The first kappa shape index (κ1) is 7.09. The third-order valence-corrected chi connectivity index (χ3v) is 1.46. The lowest BCUT2D eigenvalue weighted by molar-refractivity contribution is 1.12. The Labute approximate surface area is 50.0 Å². The van der Waals surface area contributed by atoms with Crippen LogP contribution in [0, 0.1) is 0 Å². The molecule has 0 nitrogen and oxygen atoms in total. The Kier molecular flexibility index (Phi) is 4.31. The Hall–Kier alpha value is 0.0900. The average Bonchev–Trinajstić information content (AvgIpc) is 1.61. The molecule has 0 saturated heterocycles. The summed E-state index contributed by atoms with van der Waals surface area (Å²) >= 11 is 1.85. The van der Waals surface area contributed by atoms with Crippen molar-refractivity contribution < 1.29 is 0 Å². The second-order valence-corrected chi connectivity index (χ2v) is 3.14. The molecule has 0 aliphatic heterocycles. The van der Waals surface area contributed by atoms with Gasteiger partial charge in [0.15, 0.2) is 0 Å². The first-order valence-corrected chi connectivity index (χ1v) is 3.48. The molecule has 0 aromatic rings. The minimum absolute atomic E-state index is 0.733.